The Morgan fingerprint density at radius 2 is 1.34 bits per heavy atom. The lowest BCUT2D eigenvalue weighted by Gasteiger charge is -2.41. The van der Waals surface area contributed by atoms with Crippen molar-refractivity contribution in [3.05, 3.63) is 83.1 Å². The van der Waals surface area contributed by atoms with Gasteiger partial charge in [-0.15, -0.1) is 0 Å². The van der Waals surface area contributed by atoms with Crippen LogP contribution >= 0.6 is 0 Å². The van der Waals surface area contributed by atoms with Crippen LogP contribution in [0.1, 0.15) is 29.2 Å². The van der Waals surface area contributed by atoms with Gasteiger partial charge < -0.3 is 89.0 Å². The molecule has 0 spiro atoms. The molecule has 2 saturated heterocycles. The van der Waals surface area contributed by atoms with E-state index in [2.05, 4.69) is 4.74 Å². The lowest BCUT2D eigenvalue weighted by Crippen LogP contribution is -2.60. The van der Waals surface area contributed by atoms with Crippen LogP contribution in [0.5, 0.6) is 34.5 Å². The molecule has 328 valence electrons. The summed E-state index contributed by atoms with van der Waals surface area (Å²) in [6.45, 7) is -1.37. The number of phenolic OH excluding ortho intramolecular Hbond substituents is 3. The third kappa shape index (κ3) is 10.4. The number of phenols is 3. The number of carboxylic acids is 1. The predicted molar refractivity (Wildman–Crippen MR) is 202 cm³/mol. The van der Waals surface area contributed by atoms with Crippen LogP contribution in [0.2, 0.25) is 0 Å². The van der Waals surface area contributed by atoms with Gasteiger partial charge in [-0.2, -0.15) is 0 Å². The normalized spacial score (nSPS) is 28.4. The van der Waals surface area contributed by atoms with E-state index < -0.39 is 111 Å². The molecule has 0 bridgehead atoms. The molecule has 3 aromatic carbocycles. The number of esters is 2. The maximum atomic E-state index is 12.6. The second-order valence-electron chi connectivity index (χ2n) is 14.0. The molecule has 11 N–H and O–H groups in total. The lowest BCUT2D eigenvalue weighted by atomic mass is 9.98. The number of carbonyl (C=O) groups excluding carboxylic acids is 2. The Morgan fingerprint density at radius 3 is 1.97 bits per heavy atom. The van der Waals surface area contributed by atoms with Gasteiger partial charge in [0.1, 0.15) is 91.3 Å². The van der Waals surface area contributed by atoms with Gasteiger partial charge in [0.2, 0.25) is 12.6 Å². The molecule has 61 heavy (non-hydrogen) atoms. The maximum absolute atomic E-state index is 12.6. The number of aliphatic hydroxyl groups excluding tert-OH is 6. The summed E-state index contributed by atoms with van der Waals surface area (Å²) >= 11 is 0. The van der Waals surface area contributed by atoms with Crippen LogP contribution in [0.15, 0.2) is 66.4 Å². The molecule has 0 aliphatic carbocycles. The zero-order valence-electron chi connectivity index (χ0n) is 31.9. The molecular formula is C40H43O21+. The molecule has 0 aromatic heterocycles. The van der Waals surface area contributed by atoms with Gasteiger partial charge in [-0.05, 0) is 48.0 Å². The minimum Gasteiger partial charge on any atom is -0.571 e. The molecule has 11 unspecified atom stereocenters. The maximum Gasteiger partial charge on any atom is 0.330 e. The number of methoxy groups -OCH3 is 1. The van der Waals surface area contributed by atoms with E-state index in [1.54, 1.807) is 0 Å². The topological polar surface area (TPSA) is 331 Å². The summed E-state index contributed by atoms with van der Waals surface area (Å²) in [6, 6.07) is 12.4. The van der Waals surface area contributed by atoms with Crippen LogP contribution in [-0.2, 0) is 38.1 Å². The van der Waals surface area contributed by atoms with Crippen LogP contribution in [0.3, 0.4) is 0 Å². The van der Waals surface area contributed by atoms with Gasteiger partial charge >= 0.3 is 17.9 Å². The van der Waals surface area contributed by atoms with E-state index in [4.69, 9.17) is 38.3 Å². The first-order valence-electron chi connectivity index (χ1n) is 18.4. The van der Waals surface area contributed by atoms with Crippen molar-refractivity contribution in [2.45, 2.75) is 73.9 Å². The molecule has 11 atom stereocenters. The highest BCUT2D eigenvalue weighted by Crippen LogP contribution is 2.46. The summed E-state index contributed by atoms with van der Waals surface area (Å²) < 4.78 is 43.3. The van der Waals surface area contributed by atoms with E-state index in [0.717, 1.165) is 12.1 Å². The Kier molecular flexibility index (Phi) is 13.9. The van der Waals surface area contributed by atoms with Crippen molar-refractivity contribution in [3.8, 4) is 34.5 Å². The van der Waals surface area contributed by atoms with E-state index in [-0.39, 0.29) is 40.1 Å². The number of hydrogen-bond donors (Lipinski definition) is 10. The molecule has 0 radical (unpaired) electrons. The zero-order chi connectivity index (χ0) is 44.1. The molecule has 21 heteroatoms. The minimum atomic E-state index is -1.93. The van der Waals surface area contributed by atoms with Crippen molar-refractivity contribution in [2.24, 2.45) is 0 Å². The van der Waals surface area contributed by atoms with Gasteiger partial charge in [-0.25, -0.2) is 4.79 Å². The summed E-state index contributed by atoms with van der Waals surface area (Å²) in [5.41, 5.74) is 0.934. The Labute approximate surface area is 345 Å². The zero-order valence-corrected chi connectivity index (χ0v) is 31.9. The quantitative estimate of drug-likeness (QED) is 0.0420. The fourth-order valence-corrected chi connectivity index (χ4v) is 6.45. The number of carbonyl (C=O) groups is 3. The van der Waals surface area contributed by atoms with Crippen LogP contribution in [0.25, 0.3) is 12.2 Å². The Hall–Kier alpha value is -6.17. The number of aliphatic carboxylic acids is 1. The van der Waals surface area contributed by atoms with Gasteiger partial charge in [0.25, 0.3) is 11.9 Å². The highest BCUT2D eigenvalue weighted by atomic mass is 16.7. The van der Waals surface area contributed by atoms with E-state index >= 15 is 0 Å². The largest absolute Gasteiger partial charge is 0.571 e. The van der Waals surface area contributed by atoms with E-state index in [1.807, 2.05) is 0 Å². The molecular weight excluding hydrogens is 816 g/mol. The standard InChI is InChI=1S/C40H42O21/c1-54-25-10-17(2-8-22(25)43)3-9-30(46)55-15-27-32(48)35(51)37(53)40(61-27)59-26-13-21-23(57-38(26)18-4-6-19(41)7-5-18)11-20(42)12-24(21)58-39-36(52)34(50)33(49)28(60-39)16-56-31(47)14-29(44)45/h2-13,27-28,32-43,48-53H,14-16H2,1H3,(H,44,45)/p+1. The van der Waals surface area contributed by atoms with Crippen molar-refractivity contribution in [2.75, 3.05) is 20.3 Å². The summed E-state index contributed by atoms with van der Waals surface area (Å²) in [7, 11) is 1.35. The van der Waals surface area contributed by atoms with Crippen molar-refractivity contribution in [1.29, 1.82) is 0 Å². The number of carboxylic acid groups (broad SMARTS) is 1. The Morgan fingerprint density at radius 1 is 0.721 bits per heavy atom. The molecule has 0 saturated carbocycles. The number of aromatic hydroxyl groups is 4. The second kappa shape index (κ2) is 19.0. The SMILES string of the molecule is COc1cc(C=CC(=O)OCC2OC(OC3=Cc4c(OC5OC(COC(=O)CC(=O)O)C(O)C(O)C5O)cc(O)cc4[OH+]C3c3ccc(O)cc3)C(O)C(O)C2O)ccc1O. The second-order valence-corrected chi connectivity index (χ2v) is 14.0. The number of benzene rings is 3. The number of aliphatic hydroxyl groups is 7. The summed E-state index contributed by atoms with van der Waals surface area (Å²) in [4.78, 5) is 35.3. The van der Waals surface area contributed by atoms with Crippen LogP contribution in [0.4, 0.5) is 0 Å². The van der Waals surface area contributed by atoms with Gasteiger partial charge in [0.15, 0.2) is 17.3 Å². The molecule has 3 aliphatic heterocycles. The van der Waals surface area contributed by atoms with Gasteiger partial charge in [0.05, 0.1) is 18.7 Å². The molecule has 3 heterocycles. The van der Waals surface area contributed by atoms with Gasteiger partial charge in [0, 0.05) is 18.2 Å². The molecule has 6 rings (SSSR count). The lowest BCUT2D eigenvalue weighted by molar-refractivity contribution is -0.296. The van der Waals surface area contributed by atoms with Crippen LogP contribution < -0.4 is 9.47 Å². The highest BCUT2D eigenvalue weighted by molar-refractivity contribution is 5.90. The third-order valence-corrected chi connectivity index (χ3v) is 9.68. The Bertz CT molecular complexity index is 2120. The fraction of sp³-hybridized carbons (Fsp3) is 0.375. The van der Waals surface area contributed by atoms with Crippen molar-refractivity contribution >= 4 is 30.1 Å². The molecule has 3 aromatic rings. The average molecular weight is 860 g/mol. The monoisotopic (exact) mass is 859 g/mol. The highest BCUT2D eigenvalue weighted by Gasteiger charge is 2.48. The van der Waals surface area contributed by atoms with Gasteiger partial charge in [-0.1, -0.05) is 6.07 Å². The fourth-order valence-electron chi connectivity index (χ4n) is 6.45. The van der Waals surface area contributed by atoms with E-state index in [1.165, 1.54) is 67.8 Å². The average Bonchev–Trinajstić information content (AvgIpc) is 3.22. The van der Waals surface area contributed by atoms with Crippen molar-refractivity contribution in [3.63, 3.8) is 0 Å². The third-order valence-electron chi connectivity index (χ3n) is 9.68. The molecule has 21 nitrogen and oxygen atoms in total. The summed E-state index contributed by atoms with van der Waals surface area (Å²) in [5.74, 6) is -4.26. The minimum absolute atomic E-state index is 0.0538. The molecule has 3 aliphatic rings. The van der Waals surface area contributed by atoms with E-state index in [0.29, 0.717) is 11.1 Å². The number of rotatable bonds is 14. The van der Waals surface area contributed by atoms with E-state index in [9.17, 15) is 60.3 Å². The van der Waals surface area contributed by atoms with Crippen molar-refractivity contribution < 1.29 is 103 Å². The first kappa shape index (κ1) is 44.4. The first-order chi connectivity index (χ1) is 29.0. The van der Waals surface area contributed by atoms with Crippen LogP contribution in [-0.4, -0.2) is 155 Å². The molecule has 0 amide bonds. The first-order valence-corrected chi connectivity index (χ1v) is 18.4. The smallest absolute Gasteiger partial charge is 0.330 e. The Balaban J connectivity index is 1.24. The number of ether oxygens (including phenoxy) is 8. The van der Waals surface area contributed by atoms with Gasteiger partial charge in [-0.3, -0.25) is 9.59 Å². The number of fused-ring (bicyclic) bond motifs is 1. The van der Waals surface area contributed by atoms with Crippen LogP contribution in [0, 0.1) is 0 Å². The summed E-state index contributed by atoms with van der Waals surface area (Å²) in [6.07, 6.45) is -16.1. The van der Waals surface area contributed by atoms with Crippen molar-refractivity contribution in [1.82, 2.24) is 0 Å². The molecule has 2 fully saturated rings. The number of hydrogen-bond acceptors (Lipinski definition) is 19. The predicted octanol–water partition coefficient (Wildman–Crippen LogP) is -0.566. The summed E-state index contributed by atoms with van der Waals surface area (Å²) in [5, 5.41) is 104.